The number of hydrogen-bond acceptors (Lipinski definition) is 3. The number of nitrogens with one attached hydrogen (secondary N) is 2. The maximum absolute atomic E-state index is 11.9. The summed E-state index contributed by atoms with van der Waals surface area (Å²) in [6.07, 6.45) is 3.29. The Morgan fingerprint density at radius 2 is 2.16 bits per heavy atom. The summed E-state index contributed by atoms with van der Waals surface area (Å²) in [7, 11) is 2.04. The van der Waals surface area contributed by atoms with Gasteiger partial charge >= 0.3 is 0 Å². The predicted molar refractivity (Wildman–Crippen MR) is 78.4 cm³/mol. The Morgan fingerprint density at radius 1 is 1.37 bits per heavy atom. The first-order chi connectivity index (χ1) is 9.27. The van der Waals surface area contributed by atoms with Crippen LogP contribution in [0.15, 0.2) is 30.3 Å². The summed E-state index contributed by atoms with van der Waals surface area (Å²) in [5.74, 6) is 0.140. The average Bonchev–Trinajstić information content (AvgIpc) is 2.49. The lowest BCUT2D eigenvalue weighted by atomic mass is 10.0. The molecule has 2 N–H and O–H groups in total. The van der Waals surface area contributed by atoms with Crippen molar-refractivity contribution in [3.05, 3.63) is 30.3 Å². The number of carbonyl (C=O) groups is 1. The van der Waals surface area contributed by atoms with Crippen LogP contribution in [0.3, 0.4) is 0 Å². The zero-order chi connectivity index (χ0) is 13.5. The Morgan fingerprint density at radius 3 is 2.84 bits per heavy atom. The molecule has 4 nitrogen and oxygen atoms in total. The molecule has 104 valence electrons. The Labute approximate surface area is 115 Å². The van der Waals surface area contributed by atoms with Crippen LogP contribution in [0.5, 0.6) is 0 Å². The number of anilines is 1. The number of amides is 1. The molecule has 0 radical (unpaired) electrons. The molecular formula is C15H23N3O. The van der Waals surface area contributed by atoms with Crippen LogP contribution in [0.25, 0.3) is 0 Å². The summed E-state index contributed by atoms with van der Waals surface area (Å²) in [5.41, 5.74) is 1.17. The smallest absolute Gasteiger partial charge is 0.237 e. The van der Waals surface area contributed by atoms with E-state index in [1.54, 1.807) is 0 Å². The molecule has 1 saturated heterocycles. The summed E-state index contributed by atoms with van der Waals surface area (Å²) < 4.78 is 0. The molecule has 1 atom stereocenters. The predicted octanol–water partition coefficient (Wildman–Crippen LogP) is 1.38. The van der Waals surface area contributed by atoms with Gasteiger partial charge in [0.2, 0.25) is 5.91 Å². The van der Waals surface area contributed by atoms with Gasteiger partial charge in [0.15, 0.2) is 0 Å². The van der Waals surface area contributed by atoms with Crippen molar-refractivity contribution in [2.45, 2.75) is 25.3 Å². The number of piperidine rings is 1. The number of carbonyl (C=O) groups excluding carboxylic acids is 1. The Bertz CT molecular complexity index is 388. The van der Waals surface area contributed by atoms with Crippen LogP contribution in [-0.4, -0.2) is 38.6 Å². The first kappa shape index (κ1) is 13.9. The minimum absolute atomic E-state index is 0.00998. The zero-order valence-corrected chi connectivity index (χ0v) is 11.6. The van der Waals surface area contributed by atoms with Gasteiger partial charge < -0.3 is 15.5 Å². The maximum atomic E-state index is 11.9. The monoisotopic (exact) mass is 261 g/mol. The fourth-order valence-electron chi connectivity index (χ4n) is 2.36. The lowest BCUT2D eigenvalue weighted by molar-refractivity contribution is -0.123. The van der Waals surface area contributed by atoms with Crippen LogP contribution < -0.4 is 15.5 Å². The molecule has 0 aliphatic carbocycles. The van der Waals surface area contributed by atoms with Gasteiger partial charge in [0.25, 0.3) is 0 Å². The van der Waals surface area contributed by atoms with Crippen molar-refractivity contribution >= 4 is 11.6 Å². The van der Waals surface area contributed by atoms with E-state index >= 15 is 0 Å². The quantitative estimate of drug-likeness (QED) is 0.841. The zero-order valence-electron chi connectivity index (χ0n) is 11.6. The minimum Gasteiger partial charge on any atom is -0.373 e. The van der Waals surface area contributed by atoms with E-state index in [-0.39, 0.29) is 11.9 Å². The van der Waals surface area contributed by atoms with Crippen LogP contribution in [0.1, 0.15) is 19.3 Å². The van der Waals surface area contributed by atoms with Crippen molar-refractivity contribution in [3.8, 4) is 0 Å². The van der Waals surface area contributed by atoms with Gasteiger partial charge in [-0.25, -0.2) is 0 Å². The number of benzene rings is 1. The third-order valence-corrected chi connectivity index (χ3v) is 3.57. The minimum atomic E-state index is 0.00998. The number of rotatable bonds is 5. The van der Waals surface area contributed by atoms with E-state index in [2.05, 4.69) is 27.7 Å². The van der Waals surface area contributed by atoms with Gasteiger partial charge in [-0.05, 0) is 31.5 Å². The molecule has 0 aromatic heterocycles. The summed E-state index contributed by atoms with van der Waals surface area (Å²) in [5, 5.41) is 6.27. The van der Waals surface area contributed by atoms with Crippen LogP contribution in [0, 0.1) is 0 Å². The molecule has 1 aromatic rings. The number of likely N-dealkylation sites (N-methyl/N-ethyl adjacent to an activating group) is 1. The number of hydrogen-bond donors (Lipinski definition) is 2. The highest BCUT2D eigenvalue weighted by molar-refractivity contribution is 5.81. The van der Waals surface area contributed by atoms with Crippen molar-refractivity contribution in [2.75, 3.05) is 31.6 Å². The fraction of sp³-hybridized carbons (Fsp3) is 0.533. The van der Waals surface area contributed by atoms with Crippen LogP contribution in [-0.2, 0) is 4.79 Å². The van der Waals surface area contributed by atoms with E-state index in [9.17, 15) is 4.79 Å². The SMILES string of the molecule is CN(CCNC(=O)C1CCCCN1)c1ccccc1. The summed E-state index contributed by atoms with van der Waals surface area (Å²) in [6.45, 7) is 2.47. The van der Waals surface area contributed by atoms with E-state index in [0.717, 1.165) is 25.9 Å². The number of nitrogens with zero attached hydrogens (tertiary/aromatic N) is 1. The van der Waals surface area contributed by atoms with Crippen LogP contribution in [0.2, 0.25) is 0 Å². The highest BCUT2D eigenvalue weighted by Crippen LogP contribution is 2.10. The van der Waals surface area contributed by atoms with Gasteiger partial charge in [-0.2, -0.15) is 0 Å². The molecule has 2 rings (SSSR count). The lowest BCUT2D eigenvalue weighted by Gasteiger charge is -2.24. The van der Waals surface area contributed by atoms with Gasteiger partial charge in [-0.15, -0.1) is 0 Å². The van der Waals surface area contributed by atoms with Gasteiger partial charge in [-0.1, -0.05) is 24.6 Å². The molecule has 1 aliphatic rings. The van der Waals surface area contributed by atoms with Gasteiger partial charge in [0.1, 0.15) is 0 Å². The molecule has 0 spiro atoms. The summed E-state index contributed by atoms with van der Waals surface area (Å²) >= 11 is 0. The standard InChI is InChI=1S/C15H23N3O/c1-18(13-7-3-2-4-8-13)12-11-17-15(19)14-9-5-6-10-16-14/h2-4,7-8,14,16H,5-6,9-12H2,1H3,(H,17,19). The Balaban J connectivity index is 1.69. The van der Waals surface area contributed by atoms with E-state index in [1.165, 1.54) is 12.1 Å². The van der Waals surface area contributed by atoms with Crippen molar-refractivity contribution in [3.63, 3.8) is 0 Å². The van der Waals surface area contributed by atoms with E-state index < -0.39 is 0 Å². The highest BCUT2D eigenvalue weighted by atomic mass is 16.2. The molecule has 1 amide bonds. The summed E-state index contributed by atoms with van der Waals surface area (Å²) in [4.78, 5) is 14.1. The van der Waals surface area contributed by atoms with Crippen molar-refractivity contribution in [2.24, 2.45) is 0 Å². The summed E-state index contributed by atoms with van der Waals surface area (Å²) in [6, 6.07) is 10.2. The molecule has 1 aliphatic heterocycles. The lowest BCUT2D eigenvalue weighted by Crippen LogP contribution is -2.48. The molecule has 1 heterocycles. The second kappa shape index (κ2) is 7.14. The van der Waals surface area contributed by atoms with Crippen molar-refractivity contribution < 1.29 is 4.79 Å². The molecular weight excluding hydrogens is 238 g/mol. The van der Waals surface area contributed by atoms with E-state index in [1.807, 2.05) is 25.2 Å². The average molecular weight is 261 g/mol. The third kappa shape index (κ3) is 4.24. The van der Waals surface area contributed by atoms with E-state index in [4.69, 9.17) is 0 Å². The molecule has 4 heteroatoms. The fourth-order valence-corrected chi connectivity index (χ4v) is 2.36. The third-order valence-electron chi connectivity index (χ3n) is 3.57. The maximum Gasteiger partial charge on any atom is 0.237 e. The molecule has 0 bridgehead atoms. The molecule has 1 fully saturated rings. The molecule has 19 heavy (non-hydrogen) atoms. The van der Waals surface area contributed by atoms with Gasteiger partial charge in [-0.3, -0.25) is 4.79 Å². The Hall–Kier alpha value is -1.55. The molecule has 1 aromatic carbocycles. The van der Waals surface area contributed by atoms with Crippen LogP contribution >= 0.6 is 0 Å². The van der Waals surface area contributed by atoms with Crippen molar-refractivity contribution in [1.29, 1.82) is 0 Å². The first-order valence-electron chi connectivity index (χ1n) is 7.04. The second-order valence-corrected chi connectivity index (χ2v) is 5.05. The van der Waals surface area contributed by atoms with Gasteiger partial charge in [0, 0.05) is 25.8 Å². The first-order valence-corrected chi connectivity index (χ1v) is 7.04. The highest BCUT2D eigenvalue weighted by Gasteiger charge is 2.19. The number of para-hydroxylation sites is 1. The topological polar surface area (TPSA) is 44.4 Å². The second-order valence-electron chi connectivity index (χ2n) is 5.05. The molecule has 0 saturated carbocycles. The Kier molecular flexibility index (Phi) is 5.21. The van der Waals surface area contributed by atoms with Crippen molar-refractivity contribution in [1.82, 2.24) is 10.6 Å². The van der Waals surface area contributed by atoms with E-state index in [0.29, 0.717) is 6.54 Å². The molecule has 1 unspecified atom stereocenters. The normalized spacial score (nSPS) is 18.9. The largest absolute Gasteiger partial charge is 0.373 e. The van der Waals surface area contributed by atoms with Crippen LogP contribution in [0.4, 0.5) is 5.69 Å². The van der Waals surface area contributed by atoms with Gasteiger partial charge in [0.05, 0.1) is 6.04 Å².